The highest BCUT2D eigenvalue weighted by molar-refractivity contribution is 5.87. The fourth-order valence-electron chi connectivity index (χ4n) is 1.71. The van der Waals surface area contributed by atoms with Crippen molar-refractivity contribution < 1.29 is 9.53 Å². The first-order chi connectivity index (χ1) is 8.61. The van der Waals surface area contributed by atoms with Gasteiger partial charge in [-0.25, -0.2) is 4.98 Å². The van der Waals surface area contributed by atoms with Crippen LogP contribution in [0.25, 0.3) is 11.3 Å². The van der Waals surface area contributed by atoms with Crippen molar-refractivity contribution in [3.05, 3.63) is 30.5 Å². The third kappa shape index (κ3) is 2.34. The topological polar surface area (TPSA) is 56.1 Å². The second-order valence-corrected chi connectivity index (χ2v) is 3.94. The van der Waals surface area contributed by atoms with Crippen LogP contribution in [-0.4, -0.2) is 22.6 Å². The summed E-state index contributed by atoms with van der Waals surface area (Å²) in [5.74, 6) is 1.21. The SMILES string of the molecule is COc1ccc(-c2cnc(NC(C)=O)n2C)cc1. The summed E-state index contributed by atoms with van der Waals surface area (Å²) >= 11 is 0. The average molecular weight is 245 g/mol. The zero-order chi connectivity index (χ0) is 13.1. The standard InChI is InChI=1S/C13H15N3O2/c1-9(17)15-13-14-8-12(16(13)2)10-4-6-11(18-3)7-5-10/h4-8H,1-3H3,(H,14,15,17). The van der Waals surface area contributed by atoms with Crippen LogP contribution < -0.4 is 10.1 Å². The molecule has 0 saturated heterocycles. The van der Waals surface area contributed by atoms with Gasteiger partial charge in [0.25, 0.3) is 0 Å². The molecular weight excluding hydrogens is 230 g/mol. The van der Waals surface area contributed by atoms with Crippen LogP contribution in [0.1, 0.15) is 6.92 Å². The van der Waals surface area contributed by atoms with Gasteiger partial charge in [0, 0.05) is 19.5 Å². The third-order valence-corrected chi connectivity index (χ3v) is 2.66. The van der Waals surface area contributed by atoms with Crippen molar-refractivity contribution in [1.29, 1.82) is 0 Å². The van der Waals surface area contributed by atoms with E-state index < -0.39 is 0 Å². The first kappa shape index (κ1) is 12.2. The molecule has 5 heteroatoms. The normalized spacial score (nSPS) is 10.2. The molecule has 0 fully saturated rings. The van der Waals surface area contributed by atoms with Gasteiger partial charge in [0.05, 0.1) is 19.0 Å². The summed E-state index contributed by atoms with van der Waals surface area (Å²) in [6.45, 7) is 1.46. The molecule has 1 aromatic carbocycles. The monoisotopic (exact) mass is 245 g/mol. The zero-order valence-electron chi connectivity index (χ0n) is 10.6. The maximum atomic E-state index is 11.0. The number of anilines is 1. The van der Waals surface area contributed by atoms with Gasteiger partial charge in [0.2, 0.25) is 11.9 Å². The van der Waals surface area contributed by atoms with Crippen LogP contribution in [0.15, 0.2) is 30.5 Å². The van der Waals surface area contributed by atoms with E-state index in [4.69, 9.17) is 4.74 Å². The number of imidazole rings is 1. The van der Waals surface area contributed by atoms with E-state index >= 15 is 0 Å². The Kier molecular flexibility index (Phi) is 3.32. The van der Waals surface area contributed by atoms with Gasteiger partial charge in [-0.05, 0) is 24.3 Å². The molecule has 1 amide bonds. The summed E-state index contributed by atoms with van der Waals surface area (Å²) in [5.41, 5.74) is 1.95. The lowest BCUT2D eigenvalue weighted by molar-refractivity contribution is -0.114. The van der Waals surface area contributed by atoms with Crippen molar-refractivity contribution in [1.82, 2.24) is 9.55 Å². The number of carbonyl (C=O) groups excluding carboxylic acids is 1. The summed E-state index contributed by atoms with van der Waals surface area (Å²) in [6, 6.07) is 7.68. The molecule has 18 heavy (non-hydrogen) atoms. The van der Waals surface area contributed by atoms with E-state index in [1.807, 2.05) is 35.9 Å². The summed E-state index contributed by atoms with van der Waals surface area (Å²) in [4.78, 5) is 15.2. The Morgan fingerprint density at radius 1 is 1.33 bits per heavy atom. The number of methoxy groups -OCH3 is 1. The molecule has 0 unspecified atom stereocenters. The third-order valence-electron chi connectivity index (χ3n) is 2.66. The number of hydrogen-bond donors (Lipinski definition) is 1. The smallest absolute Gasteiger partial charge is 0.223 e. The first-order valence-corrected chi connectivity index (χ1v) is 5.55. The minimum absolute atomic E-state index is 0.134. The van der Waals surface area contributed by atoms with Crippen molar-refractivity contribution in [3.63, 3.8) is 0 Å². The number of nitrogens with zero attached hydrogens (tertiary/aromatic N) is 2. The molecule has 0 spiro atoms. The molecule has 2 aromatic rings. The average Bonchev–Trinajstić information content (AvgIpc) is 2.71. The van der Waals surface area contributed by atoms with Crippen LogP contribution in [-0.2, 0) is 11.8 Å². The van der Waals surface area contributed by atoms with E-state index in [2.05, 4.69) is 10.3 Å². The number of hydrogen-bond acceptors (Lipinski definition) is 3. The Morgan fingerprint density at radius 2 is 2.00 bits per heavy atom. The Bertz CT molecular complexity index is 558. The Hall–Kier alpha value is -2.30. The van der Waals surface area contributed by atoms with Crippen LogP contribution in [0.4, 0.5) is 5.95 Å². The van der Waals surface area contributed by atoms with Crippen LogP contribution >= 0.6 is 0 Å². The molecule has 0 atom stereocenters. The van der Waals surface area contributed by atoms with E-state index in [0.717, 1.165) is 17.0 Å². The first-order valence-electron chi connectivity index (χ1n) is 5.55. The highest BCUT2D eigenvalue weighted by Gasteiger charge is 2.09. The molecule has 0 aliphatic heterocycles. The number of rotatable bonds is 3. The quantitative estimate of drug-likeness (QED) is 0.900. The van der Waals surface area contributed by atoms with Crippen LogP contribution in [0, 0.1) is 0 Å². The fourth-order valence-corrected chi connectivity index (χ4v) is 1.71. The van der Waals surface area contributed by atoms with Crippen molar-refractivity contribution in [3.8, 4) is 17.0 Å². The van der Waals surface area contributed by atoms with Crippen molar-refractivity contribution in [2.75, 3.05) is 12.4 Å². The number of amides is 1. The van der Waals surface area contributed by atoms with E-state index in [1.54, 1.807) is 13.3 Å². The van der Waals surface area contributed by atoms with E-state index in [0.29, 0.717) is 5.95 Å². The summed E-state index contributed by atoms with van der Waals surface area (Å²) in [5, 5.41) is 2.67. The molecule has 0 bridgehead atoms. The molecular formula is C13H15N3O2. The van der Waals surface area contributed by atoms with E-state index in [1.165, 1.54) is 6.92 Å². The minimum atomic E-state index is -0.134. The van der Waals surface area contributed by atoms with Gasteiger partial charge in [0.15, 0.2) is 0 Å². The molecule has 1 heterocycles. The molecule has 1 N–H and O–H groups in total. The predicted molar refractivity (Wildman–Crippen MR) is 69.5 cm³/mol. The molecule has 1 aromatic heterocycles. The van der Waals surface area contributed by atoms with Crippen LogP contribution in [0.5, 0.6) is 5.75 Å². The summed E-state index contributed by atoms with van der Waals surface area (Å²) in [6.07, 6.45) is 1.73. The molecule has 5 nitrogen and oxygen atoms in total. The van der Waals surface area contributed by atoms with Gasteiger partial charge >= 0.3 is 0 Å². The largest absolute Gasteiger partial charge is 0.497 e. The van der Waals surface area contributed by atoms with E-state index in [9.17, 15) is 4.79 Å². The molecule has 2 rings (SSSR count). The number of nitrogens with one attached hydrogen (secondary N) is 1. The van der Waals surface area contributed by atoms with Crippen molar-refractivity contribution >= 4 is 11.9 Å². The Balaban J connectivity index is 2.32. The lowest BCUT2D eigenvalue weighted by atomic mass is 10.1. The number of benzene rings is 1. The summed E-state index contributed by atoms with van der Waals surface area (Å²) in [7, 11) is 3.49. The highest BCUT2D eigenvalue weighted by atomic mass is 16.5. The lowest BCUT2D eigenvalue weighted by Crippen LogP contribution is -2.10. The number of carbonyl (C=O) groups is 1. The van der Waals surface area contributed by atoms with Gasteiger partial charge in [-0.1, -0.05) is 0 Å². The van der Waals surface area contributed by atoms with E-state index in [-0.39, 0.29) is 5.91 Å². The number of ether oxygens (including phenoxy) is 1. The summed E-state index contributed by atoms with van der Waals surface area (Å²) < 4.78 is 6.95. The van der Waals surface area contributed by atoms with Crippen LogP contribution in [0.2, 0.25) is 0 Å². The van der Waals surface area contributed by atoms with Crippen LogP contribution in [0.3, 0.4) is 0 Å². The fraction of sp³-hybridized carbons (Fsp3) is 0.231. The molecule has 0 aliphatic carbocycles. The van der Waals surface area contributed by atoms with Gasteiger partial charge in [-0.3, -0.25) is 10.1 Å². The van der Waals surface area contributed by atoms with Gasteiger partial charge in [0.1, 0.15) is 5.75 Å². The Morgan fingerprint density at radius 3 is 2.56 bits per heavy atom. The highest BCUT2D eigenvalue weighted by Crippen LogP contribution is 2.24. The van der Waals surface area contributed by atoms with Gasteiger partial charge in [-0.2, -0.15) is 0 Å². The Labute approximate surface area is 105 Å². The second-order valence-electron chi connectivity index (χ2n) is 3.94. The molecule has 0 aliphatic rings. The lowest BCUT2D eigenvalue weighted by Gasteiger charge is -2.06. The molecule has 94 valence electrons. The maximum Gasteiger partial charge on any atom is 0.223 e. The zero-order valence-corrected chi connectivity index (χ0v) is 10.6. The minimum Gasteiger partial charge on any atom is -0.497 e. The predicted octanol–water partition coefficient (Wildman–Crippen LogP) is 2.05. The molecule has 0 radical (unpaired) electrons. The van der Waals surface area contributed by atoms with Gasteiger partial charge < -0.3 is 9.30 Å². The second kappa shape index (κ2) is 4.91. The maximum absolute atomic E-state index is 11.0. The number of aromatic nitrogens is 2. The molecule has 0 saturated carbocycles. The van der Waals surface area contributed by atoms with Crippen molar-refractivity contribution in [2.45, 2.75) is 6.92 Å². The van der Waals surface area contributed by atoms with Gasteiger partial charge in [-0.15, -0.1) is 0 Å². The van der Waals surface area contributed by atoms with Crippen molar-refractivity contribution in [2.24, 2.45) is 7.05 Å².